The highest BCUT2D eigenvalue weighted by molar-refractivity contribution is 9.10. The molecule has 0 aromatic heterocycles. The van der Waals surface area contributed by atoms with Gasteiger partial charge in [0, 0.05) is 22.6 Å². The molecule has 0 heterocycles. The summed E-state index contributed by atoms with van der Waals surface area (Å²) in [5.41, 5.74) is 1.98. The fourth-order valence-electron chi connectivity index (χ4n) is 1.33. The number of aryl methyl sites for hydroxylation is 1. The van der Waals surface area contributed by atoms with Crippen LogP contribution in [-0.2, 0) is 4.79 Å². The largest absolute Gasteiger partial charge is 0.326 e. The molecular weight excluding hydrogens is 304 g/mol. The molecular formula is C12H18BrClN2O. The number of hydrogen-bond acceptors (Lipinski definition) is 2. The fraction of sp³-hybridized carbons (Fsp3) is 0.417. The zero-order valence-corrected chi connectivity index (χ0v) is 12.6. The Morgan fingerprint density at radius 3 is 2.65 bits per heavy atom. The van der Waals surface area contributed by atoms with Gasteiger partial charge >= 0.3 is 0 Å². The Hall–Kier alpha value is -0.580. The molecule has 96 valence electrons. The van der Waals surface area contributed by atoms with Gasteiger partial charge < -0.3 is 10.6 Å². The third-order valence-corrected chi connectivity index (χ3v) is 3.25. The van der Waals surface area contributed by atoms with Crippen LogP contribution in [0.25, 0.3) is 0 Å². The van der Waals surface area contributed by atoms with Crippen molar-refractivity contribution >= 4 is 39.9 Å². The number of nitrogens with one attached hydrogen (secondary N) is 2. The Labute approximate surface area is 117 Å². The minimum absolute atomic E-state index is 0. The van der Waals surface area contributed by atoms with E-state index in [0.29, 0.717) is 6.54 Å². The molecule has 0 radical (unpaired) electrons. The number of carbonyl (C=O) groups excluding carboxylic acids is 1. The Balaban J connectivity index is 0.00000256. The van der Waals surface area contributed by atoms with E-state index in [4.69, 9.17) is 0 Å². The van der Waals surface area contributed by atoms with E-state index in [2.05, 4.69) is 26.6 Å². The summed E-state index contributed by atoms with van der Waals surface area (Å²) in [6.07, 6.45) is 0. The number of rotatable bonds is 4. The second-order valence-corrected chi connectivity index (χ2v) is 4.77. The fourth-order valence-corrected chi connectivity index (χ4v) is 1.71. The summed E-state index contributed by atoms with van der Waals surface area (Å²) in [7, 11) is 1.84. The molecule has 5 heteroatoms. The molecule has 0 aliphatic carbocycles. The summed E-state index contributed by atoms with van der Waals surface area (Å²) in [6, 6.07) is 5.80. The van der Waals surface area contributed by atoms with Crippen LogP contribution >= 0.6 is 28.3 Å². The molecule has 0 saturated heterocycles. The lowest BCUT2D eigenvalue weighted by molar-refractivity contribution is -0.119. The number of amides is 1. The third-order valence-electron chi connectivity index (χ3n) is 2.40. The van der Waals surface area contributed by atoms with Crippen molar-refractivity contribution in [2.75, 3.05) is 18.9 Å². The minimum Gasteiger partial charge on any atom is -0.326 e. The van der Waals surface area contributed by atoms with Gasteiger partial charge in [0.25, 0.3) is 0 Å². The smallest absolute Gasteiger partial charge is 0.228 e. The summed E-state index contributed by atoms with van der Waals surface area (Å²) >= 11 is 3.44. The van der Waals surface area contributed by atoms with Crippen molar-refractivity contribution in [2.24, 2.45) is 5.92 Å². The quantitative estimate of drug-likeness (QED) is 0.895. The highest BCUT2D eigenvalue weighted by atomic mass is 79.9. The predicted molar refractivity (Wildman–Crippen MR) is 77.8 cm³/mol. The van der Waals surface area contributed by atoms with Crippen molar-refractivity contribution in [1.82, 2.24) is 5.32 Å². The van der Waals surface area contributed by atoms with E-state index in [0.717, 1.165) is 15.7 Å². The van der Waals surface area contributed by atoms with Crippen molar-refractivity contribution in [3.05, 3.63) is 28.2 Å². The lowest BCUT2D eigenvalue weighted by Gasteiger charge is -2.12. The van der Waals surface area contributed by atoms with Gasteiger partial charge in [-0.2, -0.15) is 0 Å². The standard InChI is InChI=1S/C12H17BrN2O.ClH/c1-8-4-5-10(6-11(8)13)15-12(16)9(2)7-14-3;/h4-6,9,14H,7H2,1-3H3,(H,15,16);1H. The van der Waals surface area contributed by atoms with E-state index in [1.165, 1.54) is 0 Å². The number of hydrogen-bond donors (Lipinski definition) is 2. The van der Waals surface area contributed by atoms with Crippen molar-refractivity contribution < 1.29 is 4.79 Å². The number of halogens is 2. The predicted octanol–water partition coefficient (Wildman–Crippen LogP) is 2.97. The van der Waals surface area contributed by atoms with Crippen molar-refractivity contribution in [1.29, 1.82) is 0 Å². The van der Waals surface area contributed by atoms with Gasteiger partial charge in [-0.1, -0.05) is 28.9 Å². The summed E-state index contributed by atoms with van der Waals surface area (Å²) in [5.74, 6) is -0.00446. The van der Waals surface area contributed by atoms with Crippen LogP contribution in [0.3, 0.4) is 0 Å². The Kier molecular flexibility index (Phi) is 7.43. The van der Waals surface area contributed by atoms with Gasteiger partial charge in [0.05, 0.1) is 0 Å². The molecule has 0 spiro atoms. The number of carbonyl (C=O) groups is 1. The van der Waals surface area contributed by atoms with Gasteiger partial charge in [-0.15, -0.1) is 12.4 Å². The topological polar surface area (TPSA) is 41.1 Å². The van der Waals surface area contributed by atoms with E-state index in [-0.39, 0.29) is 24.2 Å². The molecule has 17 heavy (non-hydrogen) atoms. The Morgan fingerprint density at radius 1 is 1.47 bits per heavy atom. The highest BCUT2D eigenvalue weighted by Gasteiger charge is 2.11. The normalized spacial score (nSPS) is 11.5. The average Bonchev–Trinajstić information content (AvgIpc) is 2.24. The molecule has 1 amide bonds. The number of benzene rings is 1. The minimum atomic E-state index is -0.0370. The Bertz CT molecular complexity index is 385. The first-order chi connectivity index (χ1) is 7.54. The zero-order valence-electron chi connectivity index (χ0n) is 10.2. The molecule has 2 N–H and O–H groups in total. The molecule has 1 atom stereocenters. The van der Waals surface area contributed by atoms with Crippen molar-refractivity contribution in [2.45, 2.75) is 13.8 Å². The number of anilines is 1. The van der Waals surface area contributed by atoms with Gasteiger partial charge in [0.2, 0.25) is 5.91 Å². The molecule has 1 aromatic rings. The molecule has 1 rings (SSSR count). The van der Waals surface area contributed by atoms with Crippen LogP contribution < -0.4 is 10.6 Å². The van der Waals surface area contributed by atoms with Crippen LogP contribution in [0.5, 0.6) is 0 Å². The molecule has 0 saturated carbocycles. The van der Waals surface area contributed by atoms with Crippen LogP contribution in [-0.4, -0.2) is 19.5 Å². The maximum absolute atomic E-state index is 11.7. The molecule has 3 nitrogen and oxygen atoms in total. The van der Waals surface area contributed by atoms with Crippen LogP contribution in [0.1, 0.15) is 12.5 Å². The van der Waals surface area contributed by atoms with Crippen LogP contribution in [0, 0.1) is 12.8 Å². The SMILES string of the molecule is CNCC(C)C(=O)Nc1ccc(C)c(Br)c1.Cl. The van der Waals surface area contributed by atoms with Crippen molar-refractivity contribution in [3.8, 4) is 0 Å². The van der Waals surface area contributed by atoms with E-state index in [9.17, 15) is 4.79 Å². The van der Waals surface area contributed by atoms with Gasteiger partial charge in [-0.3, -0.25) is 4.79 Å². The maximum Gasteiger partial charge on any atom is 0.228 e. The lowest BCUT2D eigenvalue weighted by Crippen LogP contribution is -2.28. The third kappa shape index (κ3) is 5.06. The highest BCUT2D eigenvalue weighted by Crippen LogP contribution is 2.20. The molecule has 1 unspecified atom stereocenters. The van der Waals surface area contributed by atoms with Gasteiger partial charge in [-0.25, -0.2) is 0 Å². The van der Waals surface area contributed by atoms with Crippen molar-refractivity contribution in [3.63, 3.8) is 0 Å². The van der Waals surface area contributed by atoms with Crippen LogP contribution in [0.2, 0.25) is 0 Å². The van der Waals surface area contributed by atoms with Crippen LogP contribution in [0.4, 0.5) is 5.69 Å². The van der Waals surface area contributed by atoms with Gasteiger partial charge in [0.1, 0.15) is 0 Å². The average molecular weight is 322 g/mol. The van der Waals surface area contributed by atoms with Crippen LogP contribution in [0.15, 0.2) is 22.7 Å². The maximum atomic E-state index is 11.7. The zero-order chi connectivity index (χ0) is 12.1. The van der Waals surface area contributed by atoms with E-state index in [1.54, 1.807) is 0 Å². The first kappa shape index (κ1) is 16.4. The molecule has 1 aromatic carbocycles. The van der Waals surface area contributed by atoms with Gasteiger partial charge in [0.15, 0.2) is 0 Å². The first-order valence-corrected chi connectivity index (χ1v) is 6.05. The second kappa shape index (κ2) is 7.69. The van der Waals surface area contributed by atoms with E-state index >= 15 is 0 Å². The molecule has 0 aliphatic rings. The van der Waals surface area contributed by atoms with Gasteiger partial charge in [-0.05, 0) is 31.7 Å². The Morgan fingerprint density at radius 2 is 2.12 bits per heavy atom. The first-order valence-electron chi connectivity index (χ1n) is 5.26. The second-order valence-electron chi connectivity index (χ2n) is 3.91. The van der Waals surface area contributed by atoms with E-state index < -0.39 is 0 Å². The monoisotopic (exact) mass is 320 g/mol. The lowest BCUT2D eigenvalue weighted by atomic mass is 10.1. The summed E-state index contributed by atoms with van der Waals surface area (Å²) in [4.78, 5) is 11.7. The molecule has 0 bridgehead atoms. The summed E-state index contributed by atoms with van der Waals surface area (Å²) < 4.78 is 1.01. The summed E-state index contributed by atoms with van der Waals surface area (Å²) in [6.45, 7) is 4.59. The van der Waals surface area contributed by atoms with E-state index in [1.807, 2.05) is 39.1 Å². The molecule has 0 fully saturated rings. The summed E-state index contributed by atoms with van der Waals surface area (Å²) in [5, 5.41) is 5.87. The molecule has 0 aliphatic heterocycles.